The Balaban J connectivity index is 2.08. The number of anilines is 1. The Hall–Kier alpha value is -1.80. The van der Waals surface area contributed by atoms with Gasteiger partial charge in [-0.05, 0) is 26.0 Å². The van der Waals surface area contributed by atoms with E-state index in [9.17, 15) is 5.11 Å². The van der Waals surface area contributed by atoms with Crippen molar-refractivity contribution in [1.82, 2.24) is 0 Å². The van der Waals surface area contributed by atoms with E-state index in [0.717, 1.165) is 11.3 Å². The first-order chi connectivity index (χ1) is 8.15. The molecule has 1 unspecified atom stereocenters. The second kappa shape index (κ2) is 5.02. The van der Waals surface area contributed by atoms with Crippen LogP contribution >= 0.6 is 0 Å². The number of hydrogen-bond donors (Lipinski definition) is 2. The monoisotopic (exact) mass is 227 g/mol. The number of hydrogen-bond acceptors (Lipinski definition) is 2. The fourth-order valence-electron chi connectivity index (χ4n) is 1.64. The summed E-state index contributed by atoms with van der Waals surface area (Å²) in [7, 11) is 0. The van der Waals surface area contributed by atoms with Crippen LogP contribution < -0.4 is 5.32 Å². The lowest BCUT2D eigenvalue weighted by molar-refractivity contribution is 0.208. The maximum Gasteiger partial charge on any atom is 0.150 e. The molecule has 0 radical (unpaired) electrons. The van der Waals surface area contributed by atoms with Crippen molar-refractivity contribution in [3.8, 4) is 0 Å². The molecule has 2 nitrogen and oxygen atoms in total. The predicted octanol–water partition coefficient (Wildman–Crippen LogP) is 3.41. The minimum absolute atomic E-state index is 0.668. The molecule has 88 valence electrons. The molecular weight excluding hydrogens is 210 g/mol. The van der Waals surface area contributed by atoms with Crippen LogP contribution in [0.1, 0.15) is 22.9 Å². The highest BCUT2D eigenvalue weighted by atomic mass is 16.3. The number of aliphatic hydroxyl groups is 1. The van der Waals surface area contributed by atoms with E-state index in [1.54, 1.807) is 0 Å². The van der Waals surface area contributed by atoms with Crippen LogP contribution in [0.5, 0.6) is 0 Å². The lowest BCUT2D eigenvalue weighted by Crippen LogP contribution is -2.09. The van der Waals surface area contributed by atoms with E-state index in [1.807, 2.05) is 62.4 Å². The largest absolute Gasteiger partial charge is 0.369 e. The summed E-state index contributed by atoms with van der Waals surface area (Å²) in [5, 5.41) is 13.1. The van der Waals surface area contributed by atoms with Gasteiger partial charge in [-0.2, -0.15) is 0 Å². The Bertz CT molecular complexity index is 473. The van der Waals surface area contributed by atoms with Crippen molar-refractivity contribution in [2.75, 3.05) is 5.32 Å². The molecular formula is C15H17NO. The summed E-state index contributed by atoms with van der Waals surface area (Å²) >= 11 is 0. The van der Waals surface area contributed by atoms with Gasteiger partial charge >= 0.3 is 0 Å². The highest BCUT2D eigenvalue weighted by molar-refractivity contribution is 5.46. The average molecular weight is 227 g/mol. The van der Waals surface area contributed by atoms with Crippen molar-refractivity contribution in [2.45, 2.75) is 20.1 Å². The maximum atomic E-state index is 10.0. The van der Waals surface area contributed by atoms with Gasteiger partial charge in [0.2, 0.25) is 0 Å². The molecule has 2 N–H and O–H groups in total. The molecule has 0 fully saturated rings. The molecule has 17 heavy (non-hydrogen) atoms. The first-order valence-corrected chi connectivity index (χ1v) is 5.73. The zero-order valence-electron chi connectivity index (χ0n) is 10.1. The van der Waals surface area contributed by atoms with Gasteiger partial charge in [-0.1, -0.05) is 47.5 Å². The summed E-state index contributed by atoms with van der Waals surface area (Å²) in [5.41, 5.74) is 4.19. The van der Waals surface area contributed by atoms with Crippen molar-refractivity contribution in [2.24, 2.45) is 0 Å². The molecule has 0 heterocycles. The predicted molar refractivity (Wildman–Crippen MR) is 70.9 cm³/mol. The minimum Gasteiger partial charge on any atom is -0.369 e. The van der Waals surface area contributed by atoms with Crippen LogP contribution in [-0.2, 0) is 0 Å². The normalized spacial score (nSPS) is 12.2. The zero-order valence-corrected chi connectivity index (χ0v) is 10.1. The Morgan fingerprint density at radius 1 is 0.824 bits per heavy atom. The summed E-state index contributed by atoms with van der Waals surface area (Å²) in [4.78, 5) is 0. The van der Waals surface area contributed by atoms with Crippen molar-refractivity contribution in [3.05, 3.63) is 65.2 Å². The third-order valence-electron chi connectivity index (χ3n) is 2.75. The molecule has 0 saturated heterocycles. The van der Waals surface area contributed by atoms with Crippen LogP contribution in [0, 0.1) is 13.8 Å². The Morgan fingerprint density at radius 2 is 1.29 bits per heavy atom. The Morgan fingerprint density at radius 3 is 1.82 bits per heavy atom. The Labute approximate surface area is 102 Å². The standard InChI is InChI=1S/C15H17NO/c1-11-3-7-13(8-4-11)15(17)16-14-9-5-12(2)6-10-14/h3-10,15-17H,1-2H3. The molecule has 0 aromatic heterocycles. The molecule has 0 saturated carbocycles. The number of benzene rings is 2. The fourth-order valence-corrected chi connectivity index (χ4v) is 1.64. The number of aliphatic hydroxyl groups excluding tert-OH is 1. The van der Waals surface area contributed by atoms with Crippen LogP contribution in [0.2, 0.25) is 0 Å². The summed E-state index contributed by atoms with van der Waals surface area (Å²) < 4.78 is 0. The van der Waals surface area contributed by atoms with Gasteiger partial charge in [0, 0.05) is 11.3 Å². The lowest BCUT2D eigenvalue weighted by Gasteiger charge is -2.14. The summed E-state index contributed by atoms with van der Waals surface area (Å²) in [5.74, 6) is 0. The topological polar surface area (TPSA) is 32.3 Å². The fraction of sp³-hybridized carbons (Fsp3) is 0.200. The Kier molecular flexibility index (Phi) is 3.45. The van der Waals surface area contributed by atoms with Gasteiger partial charge in [-0.25, -0.2) is 0 Å². The van der Waals surface area contributed by atoms with E-state index in [1.165, 1.54) is 11.1 Å². The first-order valence-electron chi connectivity index (χ1n) is 5.73. The summed E-state index contributed by atoms with van der Waals surface area (Å²) in [6, 6.07) is 15.8. The lowest BCUT2D eigenvalue weighted by atomic mass is 10.1. The maximum absolute atomic E-state index is 10.0. The van der Waals surface area contributed by atoms with E-state index < -0.39 is 6.23 Å². The molecule has 2 aromatic carbocycles. The molecule has 0 aliphatic carbocycles. The van der Waals surface area contributed by atoms with Gasteiger partial charge in [0.25, 0.3) is 0 Å². The van der Waals surface area contributed by atoms with Crippen LogP contribution in [0.15, 0.2) is 48.5 Å². The summed E-state index contributed by atoms with van der Waals surface area (Å²) in [6.45, 7) is 4.07. The minimum atomic E-state index is -0.668. The molecule has 0 bridgehead atoms. The third kappa shape index (κ3) is 3.08. The number of nitrogens with one attached hydrogen (secondary N) is 1. The van der Waals surface area contributed by atoms with Crippen molar-refractivity contribution >= 4 is 5.69 Å². The van der Waals surface area contributed by atoms with Crippen LogP contribution in [0.4, 0.5) is 5.69 Å². The van der Waals surface area contributed by atoms with Gasteiger partial charge in [-0.15, -0.1) is 0 Å². The van der Waals surface area contributed by atoms with Gasteiger partial charge in [0.1, 0.15) is 0 Å². The van der Waals surface area contributed by atoms with E-state index in [0.29, 0.717) is 0 Å². The molecule has 0 aliphatic heterocycles. The molecule has 1 atom stereocenters. The second-order valence-electron chi connectivity index (χ2n) is 4.32. The van der Waals surface area contributed by atoms with Crippen LogP contribution in [0.25, 0.3) is 0 Å². The third-order valence-corrected chi connectivity index (χ3v) is 2.75. The molecule has 0 spiro atoms. The molecule has 2 aromatic rings. The van der Waals surface area contributed by atoms with Crippen LogP contribution in [-0.4, -0.2) is 5.11 Å². The van der Waals surface area contributed by atoms with Gasteiger partial charge in [0.05, 0.1) is 0 Å². The average Bonchev–Trinajstić information content (AvgIpc) is 2.33. The van der Waals surface area contributed by atoms with E-state index in [4.69, 9.17) is 0 Å². The quantitative estimate of drug-likeness (QED) is 0.788. The molecule has 2 rings (SSSR count). The second-order valence-corrected chi connectivity index (χ2v) is 4.32. The number of aryl methyl sites for hydroxylation is 2. The highest BCUT2D eigenvalue weighted by Crippen LogP contribution is 2.18. The van der Waals surface area contributed by atoms with E-state index in [-0.39, 0.29) is 0 Å². The first kappa shape index (κ1) is 11.7. The van der Waals surface area contributed by atoms with E-state index in [2.05, 4.69) is 5.32 Å². The smallest absolute Gasteiger partial charge is 0.150 e. The van der Waals surface area contributed by atoms with Crippen molar-refractivity contribution in [3.63, 3.8) is 0 Å². The van der Waals surface area contributed by atoms with Crippen LogP contribution in [0.3, 0.4) is 0 Å². The molecule has 2 heteroatoms. The van der Waals surface area contributed by atoms with Gasteiger partial charge < -0.3 is 10.4 Å². The molecule has 0 aliphatic rings. The highest BCUT2D eigenvalue weighted by Gasteiger charge is 2.06. The van der Waals surface area contributed by atoms with E-state index >= 15 is 0 Å². The van der Waals surface area contributed by atoms with Crippen molar-refractivity contribution in [1.29, 1.82) is 0 Å². The number of rotatable bonds is 3. The van der Waals surface area contributed by atoms with Gasteiger partial charge in [0.15, 0.2) is 6.23 Å². The SMILES string of the molecule is Cc1ccc(NC(O)c2ccc(C)cc2)cc1. The zero-order chi connectivity index (χ0) is 12.3. The summed E-state index contributed by atoms with van der Waals surface area (Å²) in [6.07, 6.45) is -0.668. The van der Waals surface area contributed by atoms with Gasteiger partial charge in [-0.3, -0.25) is 0 Å². The van der Waals surface area contributed by atoms with Crippen molar-refractivity contribution < 1.29 is 5.11 Å². The molecule has 0 amide bonds.